The lowest BCUT2D eigenvalue weighted by Crippen LogP contribution is -2.04. The number of ketones is 1. The molecule has 0 atom stereocenters. The first-order valence-electron chi connectivity index (χ1n) is 6.00. The van der Waals surface area contributed by atoms with E-state index in [1.54, 1.807) is 12.1 Å². The summed E-state index contributed by atoms with van der Waals surface area (Å²) in [5.41, 5.74) is 1.45. The van der Waals surface area contributed by atoms with Crippen LogP contribution in [0.2, 0.25) is 0 Å². The zero-order chi connectivity index (χ0) is 14.7. The van der Waals surface area contributed by atoms with Crippen LogP contribution in [0.1, 0.15) is 21.5 Å². The number of rotatable bonds is 4. The normalized spacial score (nSPS) is 10.2. The number of Topliss-reactive ketones (excluding diaryl/α,β-unsaturated/α-hetero) is 1. The molecule has 0 aliphatic rings. The molecule has 0 aliphatic carbocycles. The van der Waals surface area contributed by atoms with E-state index in [0.29, 0.717) is 11.3 Å². The lowest BCUT2D eigenvalue weighted by Gasteiger charge is -2.08. The van der Waals surface area contributed by atoms with Gasteiger partial charge in [-0.1, -0.05) is 12.1 Å². The quantitative estimate of drug-likeness (QED) is 0.660. The van der Waals surface area contributed by atoms with Gasteiger partial charge >= 0.3 is 0 Å². The number of carbonyl (C=O) groups excluding carboxylic acids is 1. The molecule has 2 aromatic carbocycles. The molecule has 20 heavy (non-hydrogen) atoms. The Balaban J connectivity index is 2.23. The summed E-state index contributed by atoms with van der Waals surface area (Å²) in [6, 6.07) is 9.09. The van der Waals surface area contributed by atoms with E-state index in [1.807, 2.05) is 0 Å². The number of carbonyl (C=O) groups is 1. The fraction of sp³-hybridized carbons (Fsp3) is 0.133. The predicted octanol–water partition coefficient (Wildman–Crippen LogP) is 3.23. The van der Waals surface area contributed by atoms with Gasteiger partial charge in [0.1, 0.15) is 17.2 Å². The molecule has 0 aliphatic heterocycles. The van der Waals surface area contributed by atoms with Crippen molar-refractivity contribution in [2.24, 2.45) is 5.18 Å². The van der Waals surface area contributed by atoms with Crippen LogP contribution < -0.4 is 0 Å². The Morgan fingerprint density at radius 3 is 2.35 bits per heavy atom. The van der Waals surface area contributed by atoms with Gasteiger partial charge < -0.3 is 10.2 Å². The maximum Gasteiger partial charge on any atom is 0.170 e. The summed E-state index contributed by atoms with van der Waals surface area (Å²) in [5.74, 6) is -0.529. The highest BCUT2D eigenvalue weighted by Gasteiger charge is 2.15. The molecule has 0 saturated heterocycles. The van der Waals surface area contributed by atoms with Gasteiger partial charge in [-0.25, -0.2) is 0 Å². The van der Waals surface area contributed by atoms with Crippen LogP contribution in [0.25, 0.3) is 0 Å². The van der Waals surface area contributed by atoms with Crippen LogP contribution in [0, 0.1) is 11.8 Å². The largest absolute Gasteiger partial charge is 0.508 e. The average Bonchev–Trinajstić information content (AvgIpc) is 2.45. The Bertz CT molecular complexity index is 662. The fourth-order valence-corrected chi connectivity index (χ4v) is 1.87. The van der Waals surface area contributed by atoms with Gasteiger partial charge in [0.25, 0.3) is 0 Å². The maximum absolute atomic E-state index is 12.1. The highest BCUT2D eigenvalue weighted by atomic mass is 16.3. The monoisotopic (exact) mass is 271 g/mol. The summed E-state index contributed by atoms with van der Waals surface area (Å²) < 4.78 is 0. The van der Waals surface area contributed by atoms with E-state index >= 15 is 0 Å². The Kier molecular flexibility index (Phi) is 3.79. The molecule has 0 saturated carbocycles. The minimum absolute atomic E-state index is 0.0551. The second kappa shape index (κ2) is 5.52. The van der Waals surface area contributed by atoms with Crippen LogP contribution >= 0.6 is 0 Å². The van der Waals surface area contributed by atoms with Gasteiger partial charge in [-0.3, -0.25) is 4.79 Å². The Morgan fingerprint density at radius 2 is 1.75 bits per heavy atom. The predicted molar refractivity (Wildman–Crippen MR) is 74.4 cm³/mol. The molecular formula is C15H13NO4. The number of hydrogen-bond acceptors (Lipinski definition) is 5. The minimum atomic E-state index is -0.266. The lowest BCUT2D eigenvalue weighted by molar-refractivity contribution is 0.0990. The van der Waals surface area contributed by atoms with E-state index in [2.05, 4.69) is 5.18 Å². The Morgan fingerprint density at radius 1 is 1.10 bits per heavy atom. The molecule has 102 valence electrons. The van der Waals surface area contributed by atoms with Crippen molar-refractivity contribution in [2.45, 2.75) is 13.3 Å². The molecule has 5 nitrogen and oxygen atoms in total. The van der Waals surface area contributed by atoms with Crippen molar-refractivity contribution < 1.29 is 15.0 Å². The second-order valence-electron chi connectivity index (χ2n) is 4.46. The van der Waals surface area contributed by atoms with Crippen molar-refractivity contribution in [3.63, 3.8) is 0 Å². The molecule has 2 N–H and O–H groups in total. The van der Waals surface area contributed by atoms with Crippen LogP contribution in [0.3, 0.4) is 0 Å². The molecule has 2 aromatic rings. The van der Waals surface area contributed by atoms with Gasteiger partial charge in [0.05, 0.1) is 5.56 Å². The Labute approximate surface area is 115 Å². The van der Waals surface area contributed by atoms with Crippen molar-refractivity contribution in [3.05, 3.63) is 58.0 Å². The first-order valence-corrected chi connectivity index (χ1v) is 6.00. The van der Waals surface area contributed by atoms with Crippen LogP contribution in [-0.2, 0) is 6.42 Å². The smallest absolute Gasteiger partial charge is 0.170 e. The van der Waals surface area contributed by atoms with Gasteiger partial charge in [0.15, 0.2) is 5.78 Å². The third-order valence-corrected chi connectivity index (χ3v) is 3.11. The molecule has 0 spiro atoms. The molecule has 0 unspecified atom stereocenters. The van der Waals surface area contributed by atoms with E-state index in [1.165, 1.54) is 31.2 Å². The first-order chi connectivity index (χ1) is 9.52. The van der Waals surface area contributed by atoms with E-state index in [9.17, 15) is 19.9 Å². The summed E-state index contributed by atoms with van der Waals surface area (Å²) >= 11 is 0. The van der Waals surface area contributed by atoms with Crippen molar-refractivity contribution in [1.29, 1.82) is 0 Å². The lowest BCUT2D eigenvalue weighted by atomic mass is 10.00. The van der Waals surface area contributed by atoms with Gasteiger partial charge in [-0.2, -0.15) is 0 Å². The molecule has 0 radical (unpaired) electrons. The minimum Gasteiger partial charge on any atom is -0.508 e. The summed E-state index contributed by atoms with van der Waals surface area (Å²) in [6.45, 7) is 1.53. The summed E-state index contributed by atoms with van der Waals surface area (Å²) in [5, 5.41) is 22.1. The summed E-state index contributed by atoms with van der Waals surface area (Å²) in [6.07, 6.45) is 0.0942. The summed E-state index contributed by atoms with van der Waals surface area (Å²) in [4.78, 5) is 22.4. The summed E-state index contributed by atoms with van der Waals surface area (Å²) in [7, 11) is 0. The Hall–Kier alpha value is -2.69. The van der Waals surface area contributed by atoms with Crippen molar-refractivity contribution in [1.82, 2.24) is 0 Å². The first kappa shape index (κ1) is 13.7. The third-order valence-electron chi connectivity index (χ3n) is 3.11. The van der Waals surface area contributed by atoms with E-state index in [4.69, 9.17) is 0 Å². The van der Waals surface area contributed by atoms with Crippen LogP contribution in [0.5, 0.6) is 11.5 Å². The van der Waals surface area contributed by atoms with Crippen LogP contribution in [-0.4, -0.2) is 16.0 Å². The number of aromatic hydroxyl groups is 2. The van der Waals surface area contributed by atoms with Gasteiger partial charge in [0.2, 0.25) is 0 Å². The number of benzene rings is 2. The molecule has 0 amide bonds. The number of phenols is 2. The third kappa shape index (κ3) is 2.66. The maximum atomic E-state index is 12.1. The van der Waals surface area contributed by atoms with Crippen LogP contribution in [0.15, 0.2) is 41.6 Å². The van der Waals surface area contributed by atoms with Gasteiger partial charge in [-0.05, 0) is 41.9 Å². The molecule has 0 heterocycles. The molecule has 5 heteroatoms. The molecule has 0 aromatic heterocycles. The molecule has 0 fully saturated rings. The molecular weight excluding hydrogens is 258 g/mol. The number of nitroso groups, excluding NO2 is 1. The van der Waals surface area contributed by atoms with Gasteiger partial charge in [-0.15, -0.1) is 4.91 Å². The number of hydrogen-bond donors (Lipinski definition) is 2. The standard InChI is InChI=1S/C15H13NO4/c1-9-13(17)7-6-12(15(9)19)14(18)8-10-2-4-11(16-20)5-3-10/h2-7,17,19H,8H2,1H3. The van der Waals surface area contributed by atoms with Crippen LogP contribution in [0.4, 0.5) is 5.69 Å². The topological polar surface area (TPSA) is 87.0 Å². The van der Waals surface area contributed by atoms with Gasteiger partial charge in [0, 0.05) is 12.0 Å². The zero-order valence-electron chi connectivity index (χ0n) is 10.8. The van der Waals surface area contributed by atoms with E-state index in [-0.39, 0.29) is 34.8 Å². The SMILES string of the molecule is Cc1c(O)ccc(C(=O)Cc2ccc(N=O)cc2)c1O. The highest BCUT2D eigenvalue weighted by molar-refractivity contribution is 6.00. The number of phenolic OH excluding ortho intramolecular Hbond substituents is 2. The zero-order valence-corrected chi connectivity index (χ0v) is 10.8. The molecule has 2 rings (SSSR count). The fourth-order valence-electron chi connectivity index (χ4n) is 1.87. The highest BCUT2D eigenvalue weighted by Crippen LogP contribution is 2.30. The second-order valence-corrected chi connectivity index (χ2v) is 4.46. The van der Waals surface area contributed by atoms with E-state index in [0.717, 1.165) is 0 Å². The molecule has 0 bridgehead atoms. The van der Waals surface area contributed by atoms with Crippen molar-refractivity contribution >= 4 is 11.5 Å². The van der Waals surface area contributed by atoms with E-state index < -0.39 is 0 Å². The average molecular weight is 271 g/mol. The van der Waals surface area contributed by atoms with Crippen molar-refractivity contribution in [2.75, 3.05) is 0 Å². The van der Waals surface area contributed by atoms with Crippen molar-refractivity contribution in [3.8, 4) is 11.5 Å². The number of nitrogens with zero attached hydrogens (tertiary/aromatic N) is 1.